The Balaban J connectivity index is 1.14. The molecule has 0 N–H and O–H groups in total. The fourth-order valence-electron chi connectivity index (χ4n) is 7.74. The third-order valence-electron chi connectivity index (χ3n) is 9.99. The Morgan fingerprint density at radius 1 is 0.347 bits per heavy atom. The van der Waals surface area contributed by atoms with E-state index in [9.17, 15) is 0 Å². The van der Waals surface area contributed by atoms with E-state index in [4.69, 9.17) is 5.79 Å². The Morgan fingerprint density at radius 3 is 1.69 bits per heavy atom. The average Bonchev–Trinajstić information content (AvgIpc) is 3.56. The third kappa shape index (κ3) is 4.47. The van der Waals surface area contributed by atoms with Crippen molar-refractivity contribution in [2.24, 2.45) is 0 Å². The first-order valence-electron chi connectivity index (χ1n) is 17.3. The zero-order chi connectivity index (χ0) is 33.2. The molecule has 49 heavy (non-hydrogen) atoms. The molecule has 0 aliphatic carbocycles. The standard InChI is InChI=1S/C48H30O/c1-2-12-34-29-35(28-25-31(34)11-1)32-23-26-33(27-24-32)46-39-15-3-5-17-41(39)47(42-18-6-4-16-40(42)46)37-14-9-13-36(30-37)38-20-10-22-45-48(38)43-19-7-8-21-44(43)49-45/h1-30H/i1D. The van der Waals surface area contributed by atoms with E-state index in [0.717, 1.165) is 32.7 Å². The lowest BCUT2D eigenvalue weighted by atomic mass is 9.85. The van der Waals surface area contributed by atoms with Crippen LogP contribution in [0.3, 0.4) is 0 Å². The topological polar surface area (TPSA) is 13.1 Å². The van der Waals surface area contributed by atoms with E-state index in [1.165, 1.54) is 66.1 Å². The van der Waals surface area contributed by atoms with Gasteiger partial charge in [0, 0.05) is 10.8 Å². The fraction of sp³-hybridized carbons (Fsp3) is 0. The average molecular weight is 624 g/mol. The summed E-state index contributed by atoms with van der Waals surface area (Å²) in [6, 6.07) is 63.1. The van der Waals surface area contributed by atoms with Gasteiger partial charge < -0.3 is 4.42 Å². The van der Waals surface area contributed by atoms with E-state index in [-0.39, 0.29) is 0 Å². The summed E-state index contributed by atoms with van der Waals surface area (Å²) in [5.74, 6) is 0. The third-order valence-corrected chi connectivity index (χ3v) is 9.99. The second-order valence-electron chi connectivity index (χ2n) is 12.8. The highest BCUT2D eigenvalue weighted by atomic mass is 16.3. The molecular weight excluding hydrogens is 593 g/mol. The van der Waals surface area contributed by atoms with Crippen molar-refractivity contribution >= 4 is 54.3 Å². The summed E-state index contributed by atoms with van der Waals surface area (Å²) >= 11 is 0. The molecule has 10 aromatic rings. The molecule has 0 atom stereocenters. The molecule has 228 valence electrons. The maximum atomic E-state index is 7.96. The summed E-state index contributed by atoms with van der Waals surface area (Å²) < 4.78 is 14.2. The van der Waals surface area contributed by atoms with Crippen LogP contribution in [0.2, 0.25) is 0 Å². The van der Waals surface area contributed by atoms with E-state index in [1.807, 2.05) is 30.3 Å². The number of para-hydroxylation sites is 1. The second-order valence-corrected chi connectivity index (χ2v) is 12.8. The molecular formula is C48H30O. The molecule has 1 nitrogen and oxygen atoms in total. The van der Waals surface area contributed by atoms with Gasteiger partial charge in [0.2, 0.25) is 0 Å². The molecule has 1 heteroatoms. The van der Waals surface area contributed by atoms with Gasteiger partial charge in [-0.05, 0) is 101 Å². The lowest BCUT2D eigenvalue weighted by molar-refractivity contribution is 0.669. The zero-order valence-electron chi connectivity index (χ0n) is 27.7. The number of hydrogen-bond acceptors (Lipinski definition) is 1. The van der Waals surface area contributed by atoms with Gasteiger partial charge in [-0.25, -0.2) is 0 Å². The maximum absolute atomic E-state index is 7.96. The molecule has 0 saturated heterocycles. The van der Waals surface area contributed by atoms with Crippen molar-refractivity contribution in [1.82, 2.24) is 0 Å². The molecule has 0 amide bonds. The first-order valence-corrected chi connectivity index (χ1v) is 16.8. The highest BCUT2D eigenvalue weighted by molar-refractivity contribution is 6.22. The van der Waals surface area contributed by atoms with Crippen LogP contribution < -0.4 is 0 Å². The van der Waals surface area contributed by atoms with Crippen LogP contribution in [0.5, 0.6) is 0 Å². The van der Waals surface area contributed by atoms with E-state index >= 15 is 0 Å². The number of rotatable bonds is 4. The molecule has 0 radical (unpaired) electrons. The second kappa shape index (κ2) is 11.1. The van der Waals surface area contributed by atoms with Gasteiger partial charge in [0.05, 0.1) is 1.37 Å². The van der Waals surface area contributed by atoms with Crippen molar-refractivity contribution in [2.45, 2.75) is 0 Å². The summed E-state index contributed by atoms with van der Waals surface area (Å²) in [4.78, 5) is 0. The summed E-state index contributed by atoms with van der Waals surface area (Å²) in [6.07, 6.45) is 0. The molecule has 0 saturated carbocycles. The molecule has 1 aromatic heterocycles. The van der Waals surface area contributed by atoms with Crippen molar-refractivity contribution in [3.05, 3.63) is 182 Å². The van der Waals surface area contributed by atoms with Gasteiger partial charge in [0.1, 0.15) is 11.2 Å². The van der Waals surface area contributed by atoms with Gasteiger partial charge in [-0.3, -0.25) is 0 Å². The first-order chi connectivity index (χ1) is 24.7. The maximum Gasteiger partial charge on any atom is 0.136 e. The van der Waals surface area contributed by atoms with Crippen LogP contribution in [0.25, 0.3) is 98.8 Å². The lowest BCUT2D eigenvalue weighted by Gasteiger charge is -2.18. The molecule has 0 unspecified atom stereocenters. The van der Waals surface area contributed by atoms with E-state index in [2.05, 4.69) is 146 Å². The fourth-order valence-corrected chi connectivity index (χ4v) is 7.74. The van der Waals surface area contributed by atoms with Crippen molar-refractivity contribution in [3.8, 4) is 44.5 Å². The number of furan rings is 1. The van der Waals surface area contributed by atoms with Crippen LogP contribution >= 0.6 is 0 Å². The highest BCUT2D eigenvalue weighted by Gasteiger charge is 2.18. The minimum Gasteiger partial charge on any atom is -0.456 e. The number of hydrogen-bond donors (Lipinski definition) is 0. The Labute approximate surface area is 285 Å². The van der Waals surface area contributed by atoms with Crippen molar-refractivity contribution in [3.63, 3.8) is 0 Å². The minimum absolute atomic E-state index is 0.536. The van der Waals surface area contributed by atoms with Crippen LogP contribution in [0.4, 0.5) is 0 Å². The normalized spacial score (nSPS) is 12.0. The Kier molecular flexibility index (Phi) is 6.02. The summed E-state index contributed by atoms with van der Waals surface area (Å²) in [6.45, 7) is 0. The van der Waals surface area contributed by atoms with Gasteiger partial charge in [0.15, 0.2) is 0 Å². The highest BCUT2D eigenvalue weighted by Crippen LogP contribution is 2.45. The number of fused-ring (bicyclic) bond motifs is 6. The van der Waals surface area contributed by atoms with Gasteiger partial charge in [-0.2, -0.15) is 0 Å². The quantitative estimate of drug-likeness (QED) is 0.178. The van der Waals surface area contributed by atoms with Gasteiger partial charge in [-0.1, -0.05) is 158 Å². The van der Waals surface area contributed by atoms with Crippen LogP contribution in [-0.4, -0.2) is 0 Å². The summed E-state index contributed by atoms with van der Waals surface area (Å²) in [5.41, 5.74) is 11.4. The lowest BCUT2D eigenvalue weighted by Crippen LogP contribution is -1.91. The molecule has 0 fully saturated rings. The number of benzene rings is 9. The molecule has 0 spiro atoms. The Hall–Kier alpha value is -6.44. The zero-order valence-corrected chi connectivity index (χ0v) is 26.7. The molecule has 0 aliphatic rings. The van der Waals surface area contributed by atoms with Crippen molar-refractivity contribution in [2.75, 3.05) is 0 Å². The monoisotopic (exact) mass is 623 g/mol. The minimum atomic E-state index is 0.536. The van der Waals surface area contributed by atoms with Crippen LogP contribution in [0.15, 0.2) is 186 Å². The summed E-state index contributed by atoms with van der Waals surface area (Å²) in [5, 5.41) is 9.47. The SMILES string of the molecule is [2H]c1ccc2cc(-c3ccc(-c4c5ccccc5c(-c5cccc(-c6cccc7oc8ccccc8c67)c5)c5ccccc45)cc3)ccc2c1. The van der Waals surface area contributed by atoms with Crippen molar-refractivity contribution in [1.29, 1.82) is 0 Å². The van der Waals surface area contributed by atoms with Crippen molar-refractivity contribution < 1.29 is 5.79 Å². The van der Waals surface area contributed by atoms with E-state index in [0.29, 0.717) is 6.04 Å². The van der Waals surface area contributed by atoms with Crippen LogP contribution in [0, 0.1) is 0 Å². The van der Waals surface area contributed by atoms with Crippen LogP contribution in [0.1, 0.15) is 1.37 Å². The molecule has 0 bridgehead atoms. The summed E-state index contributed by atoms with van der Waals surface area (Å²) in [7, 11) is 0. The largest absolute Gasteiger partial charge is 0.456 e. The predicted molar refractivity (Wildman–Crippen MR) is 208 cm³/mol. The predicted octanol–water partition coefficient (Wildman–Crippen LogP) is 13.7. The van der Waals surface area contributed by atoms with Crippen LogP contribution in [-0.2, 0) is 0 Å². The van der Waals surface area contributed by atoms with E-state index in [1.54, 1.807) is 0 Å². The van der Waals surface area contributed by atoms with E-state index < -0.39 is 0 Å². The first kappa shape index (κ1) is 26.6. The smallest absolute Gasteiger partial charge is 0.136 e. The molecule has 1 heterocycles. The Bertz CT molecular complexity index is 2870. The molecule has 10 rings (SSSR count). The van der Waals surface area contributed by atoms with Gasteiger partial charge >= 0.3 is 0 Å². The Morgan fingerprint density at radius 2 is 0.939 bits per heavy atom. The molecule has 9 aromatic carbocycles. The molecule has 0 aliphatic heterocycles. The van der Waals surface area contributed by atoms with Gasteiger partial charge in [-0.15, -0.1) is 0 Å². The van der Waals surface area contributed by atoms with Gasteiger partial charge in [0.25, 0.3) is 0 Å².